The van der Waals surface area contributed by atoms with Gasteiger partial charge in [-0.1, -0.05) is 0 Å². The van der Waals surface area contributed by atoms with E-state index in [1.165, 1.54) is 19.2 Å². The predicted octanol–water partition coefficient (Wildman–Crippen LogP) is 1.28. The number of aromatic nitrogens is 2. The summed E-state index contributed by atoms with van der Waals surface area (Å²) in [5.74, 6) is -1.20. The van der Waals surface area contributed by atoms with E-state index in [1.54, 1.807) is 10.9 Å². The van der Waals surface area contributed by atoms with Crippen LogP contribution >= 0.6 is 0 Å². The number of anilines is 1. The molecule has 0 atom stereocenters. The van der Waals surface area contributed by atoms with Gasteiger partial charge in [-0.3, -0.25) is 9.48 Å². The molecule has 122 valence electrons. The number of rotatable bonds is 5. The standard InChI is InChI=1S/C15H18FN5O2/c1-17-14(22)12-9-10(3-4-13(12)16)20-15(23)18-7-5-11-6-8-19-21(11)2/h3-4,6,8-9H,5,7H2,1-2H3,(H,17,22)(H2,18,20,23). The van der Waals surface area contributed by atoms with Gasteiger partial charge in [-0.2, -0.15) is 5.10 Å². The van der Waals surface area contributed by atoms with Gasteiger partial charge in [0.2, 0.25) is 0 Å². The summed E-state index contributed by atoms with van der Waals surface area (Å²) in [6.07, 6.45) is 2.32. The van der Waals surface area contributed by atoms with Crippen molar-refractivity contribution in [2.75, 3.05) is 18.9 Å². The van der Waals surface area contributed by atoms with E-state index < -0.39 is 17.8 Å². The van der Waals surface area contributed by atoms with Crippen molar-refractivity contribution in [3.05, 3.63) is 47.5 Å². The Hall–Kier alpha value is -2.90. The Balaban J connectivity index is 1.90. The van der Waals surface area contributed by atoms with Crippen molar-refractivity contribution in [1.29, 1.82) is 0 Å². The van der Waals surface area contributed by atoms with Gasteiger partial charge < -0.3 is 16.0 Å². The van der Waals surface area contributed by atoms with Gasteiger partial charge in [0.05, 0.1) is 5.56 Å². The average molecular weight is 319 g/mol. The number of carbonyl (C=O) groups is 2. The van der Waals surface area contributed by atoms with Crippen molar-refractivity contribution in [3.63, 3.8) is 0 Å². The highest BCUT2D eigenvalue weighted by molar-refractivity contribution is 5.96. The monoisotopic (exact) mass is 319 g/mol. The highest BCUT2D eigenvalue weighted by atomic mass is 19.1. The second-order valence-corrected chi connectivity index (χ2v) is 4.85. The van der Waals surface area contributed by atoms with Crippen molar-refractivity contribution in [2.24, 2.45) is 7.05 Å². The zero-order valence-corrected chi connectivity index (χ0v) is 12.9. The number of benzene rings is 1. The van der Waals surface area contributed by atoms with Crippen molar-refractivity contribution < 1.29 is 14.0 Å². The number of hydrogen-bond donors (Lipinski definition) is 3. The van der Waals surface area contributed by atoms with Crippen LogP contribution in [0.3, 0.4) is 0 Å². The maximum Gasteiger partial charge on any atom is 0.319 e. The minimum atomic E-state index is -0.647. The normalized spacial score (nSPS) is 10.2. The summed E-state index contributed by atoms with van der Waals surface area (Å²) < 4.78 is 15.3. The molecule has 8 heteroatoms. The predicted molar refractivity (Wildman–Crippen MR) is 83.7 cm³/mol. The molecular formula is C15H18FN5O2. The molecule has 3 N–H and O–H groups in total. The number of urea groups is 1. The fourth-order valence-electron chi connectivity index (χ4n) is 2.04. The Kier molecular flexibility index (Phi) is 5.29. The van der Waals surface area contributed by atoms with E-state index >= 15 is 0 Å². The summed E-state index contributed by atoms with van der Waals surface area (Å²) >= 11 is 0. The first-order chi connectivity index (χ1) is 11.0. The molecule has 0 spiro atoms. The summed E-state index contributed by atoms with van der Waals surface area (Å²) in [4.78, 5) is 23.3. The first kappa shape index (κ1) is 16.5. The molecule has 1 aromatic heterocycles. The summed E-state index contributed by atoms with van der Waals surface area (Å²) in [5.41, 5.74) is 1.21. The van der Waals surface area contributed by atoms with Crippen LogP contribution in [0.1, 0.15) is 16.1 Å². The molecule has 1 aromatic carbocycles. The molecule has 23 heavy (non-hydrogen) atoms. The SMILES string of the molecule is CNC(=O)c1cc(NC(=O)NCCc2ccnn2C)ccc1F. The number of halogens is 1. The quantitative estimate of drug-likeness (QED) is 0.776. The van der Waals surface area contributed by atoms with Crippen LogP contribution < -0.4 is 16.0 Å². The molecule has 7 nitrogen and oxygen atoms in total. The lowest BCUT2D eigenvalue weighted by Crippen LogP contribution is -2.31. The Morgan fingerprint density at radius 2 is 2.09 bits per heavy atom. The fourth-order valence-corrected chi connectivity index (χ4v) is 2.04. The Bertz CT molecular complexity index is 714. The third kappa shape index (κ3) is 4.29. The van der Waals surface area contributed by atoms with Crippen LogP contribution in [0, 0.1) is 5.82 Å². The lowest BCUT2D eigenvalue weighted by molar-refractivity contribution is 0.0959. The van der Waals surface area contributed by atoms with Crippen LogP contribution in [0.4, 0.5) is 14.9 Å². The van der Waals surface area contributed by atoms with E-state index in [9.17, 15) is 14.0 Å². The average Bonchev–Trinajstić information content (AvgIpc) is 2.94. The van der Waals surface area contributed by atoms with E-state index in [1.807, 2.05) is 13.1 Å². The molecule has 1 heterocycles. The third-order valence-corrected chi connectivity index (χ3v) is 3.29. The molecule has 2 aromatic rings. The fraction of sp³-hybridized carbons (Fsp3) is 0.267. The number of hydrogen-bond acceptors (Lipinski definition) is 3. The Morgan fingerprint density at radius 1 is 1.30 bits per heavy atom. The minimum Gasteiger partial charge on any atom is -0.355 e. The van der Waals surface area contributed by atoms with Crippen molar-refractivity contribution in [1.82, 2.24) is 20.4 Å². The van der Waals surface area contributed by atoms with Crippen molar-refractivity contribution >= 4 is 17.6 Å². The van der Waals surface area contributed by atoms with Gasteiger partial charge in [0, 0.05) is 44.6 Å². The molecule has 0 aliphatic rings. The lowest BCUT2D eigenvalue weighted by atomic mass is 10.1. The van der Waals surface area contributed by atoms with Crippen LogP contribution in [-0.4, -0.2) is 35.3 Å². The molecule has 0 radical (unpaired) electrons. The number of carbonyl (C=O) groups excluding carboxylic acids is 2. The van der Waals surface area contributed by atoms with Gasteiger partial charge >= 0.3 is 6.03 Å². The van der Waals surface area contributed by atoms with Crippen LogP contribution in [0.15, 0.2) is 30.5 Å². The zero-order valence-electron chi connectivity index (χ0n) is 12.9. The van der Waals surface area contributed by atoms with E-state index in [0.717, 1.165) is 11.8 Å². The second kappa shape index (κ2) is 7.39. The van der Waals surface area contributed by atoms with Gasteiger partial charge in [0.25, 0.3) is 5.91 Å². The molecule has 0 fully saturated rings. The molecule has 0 aliphatic carbocycles. The van der Waals surface area contributed by atoms with Crippen LogP contribution in [0.25, 0.3) is 0 Å². The van der Waals surface area contributed by atoms with Gasteiger partial charge in [-0.15, -0.1) is 0 Å². The lowest BCUT2D eigenvalue weighted by Gasteiger charge is -2.09. The third-order valence-electron chi connectivity index (χ3n) is 3.29. The summed E-state index contributed by atoms with van der Waals surface area (Å²) in [6, 6.07) is 5.25. The smallest absolute Gasteiger partial charge is 0.319 e. The summed E-state index contributed by atoms with van der Waals surface area (Å²) in [7, 11) is 3.24. The van der Waals surface area contributed by atoms with E-state index in [2.05, 4.69) is 21.0 Å². The maximum absolute atomic E-state index is 13.5. The maximum atomic E-state index is 13.5. The highest BCUT2D eigenvalue weighted by Gasteiger charge is 2.12. The molecule has 2 rings (SSSR count). The summed E-state index contributed by atoms with van der Waals surface area (Å²) in [6.45, 7) is 0.425. The van der Waals surface area contributed by atoms with E-state index in [-0.39, 0.29) is 5.56 Å². The largest absolute Gasteiger partial charge is 0.355 e. The van der Waals surface area contributed by atoms with Gasteiger partial charge in [-0.05, 0) is 24.3 Å². The number of nitrogens with one attached hydrogen (secondary N) is 3. The van der Waals surface area contributed by atoms with Gasteiger partial charge in [0.1, 0.15) is 5.82 Å². The first-order valence-corrected chi connectivity index (χ1v) is 7.04. The van der Waals surface area contributed by atoms with E-state index in [4.69, 9.17) is 0 Å². The summed E-state index contributed by atoms with van der Waals surface area (Å²) in [5, 5.41) is 11.6. The number of nitrogens with zero attached hydrogens (tertiary/aromatic N) is 2. The number of aryl methyl sites for hydroxylation is 1. The van der Waals surface area contributed by atoms with Gasteiger partial charge in [0.15, 0.2) is 0 Å². The molecule has 0 saturated carbocycles. The van der Waals surface area contributed by atoms with Crippen LogP contribution in [-0.2, 0) is 13.5 Å². The minimum absolute atomic E-state index is 0.125. The van der Waals surface area contributed by atoms with Crippen molar-refractivity contribution in [3.8, 4) is 0 Å². The molecule has 0 bridgehead atoms. The molecule has 0 aliphatic heterocycles. The van der Waals surface area contributed by atoms with Crippen LogP contribution in [0.2, 0.25) is 0 Å². The molecule has 0 unspecified atom stereocenters. The number of amides is 3. The van der Waals surface area contributed by atoms with E-state index in [0.29, 0.717) is 18.7 Å². The van der Waals surface area contributed by atoms with Gasteiger partial charge in [-0.25, -0.2) is 9.18 Å². The highest BCUT2D eigenvalue weighted by Crippen LogP contribution is 2.14. The topological polar surface area (TPSA) is 88.1 Å². The first-order valence-electron chi connectivity index (χ1n) is 7.04. The van der Waals surface area contributed by atoms with Crippen molar-refractivity contribution in [2.45, 2.75) is 6.42 Å². The molecular weight excluding hydrogens is 301 g/mol. The molecule has 3 amide bonds. The molecule has 0 saturated heterocycles. The Labute approximate surface area is 132 Å². The van der Waals surface area contributed by atoms with Crippen LogP contribution in [0.5, 0.6) is 0 Å². The second-order valence-electron chi connectivity index (χ2n) is 4.85. The Morgan fingerprint density at radius 3 is 2.74 bits per heavy atom. The zero-order chi connectivity index (χ0) is 16.8.